The lowest BCUT2D eigenvalue weighted by Crippen LogP contribution is -2.30. The zero-order valence-corrected chi connectivity index (χ0v) is 14.0. The Kier molecular flexibility index (Phi) is 5.83. The number of carbonyl (C=O) groups excluding carboxylic acids is 2. The van der Waals surface area contributed by atoms with Gasteiger partial charge in [0.25, 0.3) is 5.91 Å². The van der Waals surface area contributed by atoms with E-state index in [0.29, 0.717) is 10.0 Å². The van der Waals surface area contributed by atoms with Gasteiger partial charge >= 0.3 is 5.97 Å². The molecule has 2 rings (SSSR count). The molecule has 0 aliphatic carbocycles. The maximum absolute atomic E-state index is 11.9. The van der Waals surface area contributed by atoms with Crippen molar-refractivity contribution in [2.45, 2.75) is 13.0 Å². The molecule has 116 valence electrons. The fraction of sp³-hybridized carbons (Fsp3) is 0.200. The summed E-state index contributed by atoms with van der Waals surface area (Å²) in [5.74, 6) is -1.02. The molecule has 2 aromatic rings. The van der Waals surface area contributed by atoms with Gasteiger partial charge in [0.05, 0.1) is 11.6 Å². The quantitative estimate of drug-likeness (QED) is 0.819. The molecule has 1 atom stereocenters. The monoisotopic (exact) mass is 357 g/mol. The summed E-state index contributed by atoms with van der Waals surface area (Å²) in [6, 6.07) is 8.08. The number of ether oxygens (including phenoxy) is 1. The Morgan fingerprint density at radius 2 is 1.95 bits per heavy atom. The molecular weight excluding hydrogens is 345 g/mol. The van der Waals surface area contributed by atoms with Crippen molar-refractivity contribution in [3.63, 3.8) is 0 Å². The minimum Gasteiger partial charge on any atom is -0.452 e. The van der Waals surface area contributed by atoms with E-state index < -0.39 is 5.97 Å². The molecule has 0 spiro atoms. The second-order valence-electron chi connectivity index (χ2n) is 4.54. The molecule has 0 aliphatic rings. The highest BCUT2D eigenvalue weighted by molar-refractivity contribution is 7.10. The van der Waals surface area contributed by atoms with Crippen LogP contribution >= 0.6 is 34.5 Å². The Morgan fingerprint density at radius 1 is 1.27 bits per heavy atom. The number of thiophene rings is 1. The smallest absolute Gasteiger partial charge is 0.338 e. The molecular formula is C15H13Cl2NO3S. The number of benzene rings is 1. The molecule has 0 radical (unpaired) electrons. The Labute approximate surface area is 142 Å². The molecule has 0 saturated heterocycles. The number of hydrogen-bond acceptors (Lipinski definition) is 4. The number of hydrogen-bond donors (Lipinski definition) is 1. The van der Waals surface area contributed by atoms with Crippen LogP contribution < -0.4 is 5.32 Å². The van der Waals surface area contributed by atoms with Crippen molar-refractivity contribution in [3.05, 3.63) is 56.2 Å². The number of amides is 1. The van der Waals surface area contributed by atoms with E-state index in [9.17, 15) is 9.59 Å². The molecule has 0 saturated carbocycles. The average molecular weight is 358 g/mol. The summed E-state index contributed by atoms with van der Waals surface area (Å²) in [7, 11) is 0. The second-order valence-corrected chi connectivity index (χ2v) is 6.39. The summed E-state index contributed by atoms with van der Waals surface area (Å²) >= 11 is 13.2. The van der Waals surface area contributed by atoms with Crippen molar-refractivity contribution >= 4 is 46.4 Å². The van der Waals surface area contributed by atoms with Crippen LogP contribution in [0.3, 0.4) is 0 Å². The lowest BCUT2D eigenvalue weighted by atomic mass is 10.2. The maximum atomic E-state index is 11.9. The molecule has 7 heteroatoms. The molecule has 1 heterocycles. The van der Waals surface area contributed by atoms with Gasteiger partial charge in [-0.3, -0.25) is 4.79 Å². The van der Waals surface area contributed by atoms with Crippen LogP contribution in [0, 0.1) is 0 Å². The third-order valence-electron chi connectivity index (χ3n) is 2.78. The lowest BCUT2D eigenvalue weighted by molar-refractivity contribution is -0.124. The topological polar surface area (TPSA) is 55.4 Å². The molecule has 22 heavy (non-hydrogen) atoms. The van der Waals surface area contributed by atoms with Crippen molar-refractivity contribution in [3.8, 4) is 0 Å². The first-order chi connectivity index (χ1) is 10.5. The van der Waals surface area contributed by atoms with E-state index in [1.165, 1.54) is 18.2 Å². The molecule has 1 N–H and O–H groups in total. The zero-order valence-electron chi connectivity index (χ0n) is 11.6. The second kappa shape index (κ2) is 7.63. The van der Waals surface area contributed by atoms with Crippen LogP contribution in [0.5, 0.6) is 0 Å². The van der Waals surface area contributed by atoms with Gasteiger partial charge in [-0.25, -0.2) is 4.79 Å². The van der Waals surface area contributed by atoms with E-state index in [1.54, 1.807) is 11.3 Å². The summed E-state index contributed by atoms with van der Waals surface area (Å²) in [5, 5.41) is 5.34. The van der Waals surface area contributed by atoms with E-state index in [1.807, 2.05) is 24.4 Å². The van der Waals surface area contributed by atoms with Gasteiger partial charge in [-0.1, -0.05) is 29.3 Å². The molecule has 1 amide bonds. The molecule has 4 nitrogen and oxygen atoms in total. The van der Waals surface area contributed by atoms with Crippen LogP contribution in [0.1, 0.15) is 28.2 Å². The maximum Gasteiger partial charge on any atom is 0.338 e. The van der Waals surface area contributed by atoms with Crippen molar-refractivity contribution in [2.75, 3.05) is 6.61 Å². The fourth-order valence-corrected chi connectivity index (χ4v) is 3.04. The zero-order chi connectivity index (χ0) is 16.1. The van der Waals surface area contributed by atoms with E-state index in [0.717, 1.165) is 4.88 Å². The van der Waals surface area contributed by atoms with Crippen molar-refractivity contribution in [1.82, 2.24) is 5.32 Å². The molecule has 0 fully saturated rings. The normalized spacial score (nSPS) is 11.8. The summed E-state index contributed by atoms with van der Waals surface area (Å²) in [5.41, 5.74) is 0.205. The number of esters is 1. The molecule has 0 bridgehead atoms. The molecule has 1 aromatic heterocycles. The summed E-state index contributed by atoms with van der Waals surface area (Å²) in [6.07, 6.45) is 0. The minimum absolute atomic E-state index is 0.133. The average Bonchev–Trinajstić information content (AvgIpc) is 2.98. The fourth-order valence-electron chi connectivity index (χ4n) is 1.78. The van der Waals surface area contributed by atoms with Crippen LogP contribution in [-0.4, -0.2) is 18.5 Å². The SMILES string of the molecule is CC(NC(=O)COC(=O)c1cc(Cl)cc(Cl)c1)c1cccs1. The first kappa shape index (κ1) is 16.8. The van der Waals surface area contributed by atoms with Crippen molar-refractivity contribution < 1.29 is 14.3 Å². The standard InChI is InChI=1S/C15H13Cl2NO3S/c1-9(13-3-2-4-22-13)18-14(19)8-21-15(20)10-5-11(16)7-12(17)6-10/h2-7,9H,8H2,1H3,(H,18,19). The first-order valence-electron chi connectivity index (χ1n) is 6.41. The number of rotatable bonds is 5. The van der Waals surface area contributed by atoms with Gasteiger partial charge in [0, 0.05) is 14.9 Å². The van der Waals surface area contributed by atoms with Crippen LogP contribution in [0.15, 0.2) is 35.7 Å². The Morgan fingerprint density at radius 3 is 2.55 bits per heavy atom. The number of nitrogens with one attached hydrogen (secondary N) is 1. The Balaban J connectivity index is 1.86. The van der Waals surface area contributed by atoms with Gasteiger partial charge in [-0.15, -0.1) is 11.3 Å². The highest BCUT2D eigenvalue weighted by atomic mass is 35.5. The molecule has 0 aliphatic heterocycles. The number of halogens is 2. The van der Waals surface area contributed by atoms with E-state index in [-0.39, 0.29) is 24.1 Å². The van der Waals surface area contributed by atoms with Gasteiger partial charge in [-0.05, 0) is 36.6 Å². The minimum atomic E-state index is -0.650. The van der Waals surface area contributed by atoms with Gasteiger partial charge in [0.2, 0.25) is 0 Å². The summed E-state index contributed by atoms with van der Waals surface area (Å²) in [6.45, 7) is 1.50. The van der Waals surface area contributed by atoms with Crippen LogP contribution in [-0.2, 0) is 9.53 Å². The summed E-state index contributed by atoms with van der Waals surface area (Å²) < 4.78 is 4.95. The van der Waals surface area contributed by atoms with Crippen LogP contribution in [0.2, 0.25) is 10.0 Å². The van der Waals surface area contributed by atoms with E-state index in [2.05, 4.69) is 5.32 Å². The van der Waals surface area contributed by atoms with Gasteiger partial charge < -0.3 is 10.1 Å². The van der Waals surface area contributed by atoms with Gasteiger partial charge in [0.15, 0.2) is 6.61 Å². The lowest BCUT2D eigenvalue weighted by Gasteiger charge is -2.12. The highest BCUT2D eigenvalue weighted by Crippen LogP contribution is 2.20. The van der Waals surface area contributed by atoms with E-state index >= 15 is 0 Å². The first-order valence-corrected chi connectivity index (χ1v) is 8.05. The Hall–Kier alpha value is -1.56. The predicted octanol–water partition coefficient (Wildman–Crippen LogP) is 4.09. The summed E-state index contributed by atoms with van der Waals surface area (Å²) in [4.78, 5) is 24.7. The predicted molar refractivity (Wildman–Crippen MR) is 87.6 cm³/mol. The van der Waals surface area contributed by atoms with Gasteiger partial charge in [-0.2, -0.15) is 0 Å². The van der Waals surface area contributed by atoms with Crippen molar-refractivity contribution in [2.24, 2.45) is 0 Å². The largest absolute Gasteiger partial charge is 0.452 e. The number of carbonyl (C=O) groups is 2. The Bertz CT molecular complexity index is 653. The third kappa shape index (κ3) is 4.73. The van der Waals surface area contributed by atoms with Crippen LogP contribution in [0.25, 0.3) is 0 Å². The molecule has 1 aromatic carbocycles. The third-order valence-corrected chi connectivity index (χ3v) is 4.27. The molecule has 1 unspecified atom stereocenters. The van der Waals surface area contributed by atoms with Gasteiger partial charge in [0.1, 0.15) is 0 Å². The van der Waals surface area contributed by atoms with Crippen LogP contribution in [0.4, 0.5) is 0 Å². The highest BCUT2D eigenvalue weighted by Gasteiger charge is 2.14. The van der Waals surface area contributed by atoms with Crippen molar-refractivity contribution in [1.29, 1.82) is 0 Å². The van der Waals surface area contributed by atoms with E-state index in [4.69, 9.17) is 27.9 Å².